The molecule has 0 saturated heterocycles. The smallest absolute Gasteiger partial charge is 0.312 e. The van der Waals surface area contributed by atoms with Gasteiger partial charge in [-0.2, -0.15) is 4.39 Å². The molecule has 0 atom stereocenters. The van der Waals surface area contributed by atoms with Crippen LogP contribution in [0, 0.1) is 26.0 Å². The topological polar surface area (TPSA) is 107 Å². The van der Waals surface area contributed by atoms with Crippen molar-refractivity contribution in [3.05, 3.63) is 74.6 Å². The zero-order valence-electron chi connectivity index (χ0n) is 9.97. The van der Waals surface area contributed by atoms with Crippen LogP contribution in [0.4, 0.5) is 15.8 Å². The van der Waals surface area contributed by atoms with Gasteiger partial charge in [0.05, 0.1) is 9.85 Å². The summed E-state index contributed by atoms with van der Waals surface area (Å²) in [4.78, 5) is 18.3. The number of hydrogen-bond donors (Lipinski definition) is 1. The number of nitrogens with zero attached hydrogens (tertiary/aromatic N) is 2. The third-order valence-corrected chi connectivity index (χ3v) is 2.11. The first-order chi connectivity index (χ1) is 9.43. The van der Waals surface area contributed by atoms with E-state index in [1.54, 1.807) is 24.3 Å². The summed E-state index contributed by atoms with van der Waals surface area (Å²) in [6.07, 6.45) is 0. The van der Waals surface area contributed by atoms with Gasteiger partial charge in [-0.25, -0.2) is 0 Å². The second kappa shape index (κ2) is 6.78. The summed E-state index contributed by atoms with van der Waals surface area (Å²) in [6, 6.07) is 11.5. The molecular formula is C12H9FN2O5. The molecule has 0 amide bonds. The zero-order chi connectivity index (χ0) is 15.1. The number of phenols is 1. The van der Waals surface area contributed by atoms with Gasteiger partial charge >= 0.3 is 11.4 Å². The standard InChI is InChI=1S/C6H3FN2O4.C6H6O/c7-6-4(8(10)11)2-1-3-5(6)9(12)13;7-6-4-2-1-3-5-6/h1-3H;1-5,7H. The highest BCUT2D eigenvalue weighted by molar-refractivity contribution is 5.44. The quantitative estimate of drug-likeness (QED) is 0.672. The number of hydrogen-bond acceptors (Lipinski definition) is 5. The molecule has 104 valence electrons. The van der Waals surface area contributed by atoms with E-state index >= 15 is 0 Å². The molecule has 0 aliphatic carbocycles. The van der Waals surface area contributed by atoms with Crippen molar-refractivity contribution in [3.8, 4) is 5.75 Å². The third-order valence-electron chi connectivity index (χ3n) is 2.11. The van der Waals surface area contributed by atoms with Crippen LogP contribution in [0.15, 0.2) is 48.5 Å². The van der Waals surface area contributed by atoms with Crippen molar-refractivity contribution in [1.82, 2.24) is 0 Å². The van der Waals surface area contributed by atoms with Crippen LogP contribution in [0.25, 0.3) is 0 Å². The van der Waals surface area contributed by atoms with Gasteiger partial charge in [0, 0.05) is 12.1 Å². The predicted molar refractivity (Wildman–Crippen MR) is 67.8 cm³/mol. The molecule has 0 aromatic heterocycles. The van der Waals surface area contributed by atoms with E-state index in [2.05, 4.69) is 0 Å². The number of nitro benzene ring substituents is 2. The molecule has 20 heavy (non-hydrogen) atoms. The number of phenolic OH excluding ortho intramolecular Hbond substituents is 1. The second-order valence-electron chi connectivity index (χ2n) is 3.46. The minimum absolute atomic E-state index is 0.322. The summed E-state index contributed by atoms with van der Waals surface area (Å²) >= 11 is 0. The Morgan fingerprint density at radius 1 is 0.850 bits per heavy atom. The van der Waals surface area contributed by atoms with Crippen molar-refractivity contribution >= 4 is 11.4 Å². The molecule has 7 nitrogen and oxygen atoms in total. The summed E-state index contributed by atoms with van der Waals surface area (Å²) in [7, 11) is 0. The maximum atomic E-state index is 12.9. The second-order valence-corrected chi connectivity index (χ2v) is 3.46. The Hall–Kier alpha value is -3.03. The molecule has 0 aliphatic heterocycles. The largest absolute Gasteiger partial charge is 0.508 e. The average molecular weight is 280 g/mol. The van der Waals surface area contributed by atoms with Gasteiger partial charge in [0.15, 0.2) is 0 Å². The predicted octanol–water partition coefficient (Wildman–Crippen LogP) is 3.03. The fourth-order valence-electron chi connectivity index (χ4n) is 1.22. The Bertz CT molecular complexity index is 586. The highest BCUT2D eigenvalue weighted by atomic mass is 19.1. The van der Waals surface area contributed by atoms with Crippen molar-refractivity contribution in [2.24, 2.45) is 0 Å². The fourth-order valence-corrected chi connectivity index (χ4v) is 1.22. The van der Waals surface area contributed by atoms with Crippen LogP contribution in [-0.2, 0) is 0 Å². The fraction of sp³-hybridized carbons (Fsp3) is 0. The highest BCUT2D eigenvalue weighted by Gasteiger charge is 2.24. The van der Waals surface area contributed by atoms with Gasteiger partial charge in [-0.15, -0.1) is 0 Å². The van der Waals surface area contributed by atoms with Crippen molar-refractivity contribution in [3.63, 3.8) is 0 Å². The number of halogens is 1. The van der Waals surface area contributed by atoms with Crippen molar-refractivity contribution < 1.29 is 19.3 Å². The number of aromatic hydroxyl groups is 1. The molecule has 0 unspecified atom stereocenters. The van der Waals surface area contributed by atoms with E-state index in [-0.39, 0.29) is 0 Å². The lowest BCUT2D eigenvalue weighted by Crippen LogP contribution is -1.97. The molecule has 8 heteroatoms. The van der Waals surface area contributed by atoms with E-state index in [1.807, 2.05) is 6.07 Å². The summed E-state index contributed by atoms with van der Waals surface area (Å²) in [5.41, 5.74) is -1.79. The van der Waals surface area contributed by atoms with Gasteiger partial charge < -0.3 is 5.11 Å². The summed E-state index contributed by atoms with van der Waals surface area (Å²) in [6.45, 7) is 0. The van der Waals surface area contributed by atoms with Gasteiger partial charge in [0.1, 0.15) is 5.75 Å². The van der Waals surface area contributed by atoms with Gasteiger partial charge in [0.25, 0.3) is 5.82 Å². The lowest BCUT2D eigenvalue weighted by molar-refractivity contribution is -0.399. The molecule has 2 aromatic carbocycles. The van der Waals surface area contributed by atoms with E-state index in [4.69, 9.17) is 5.11 Å². The third kappa shape index (κ3) is 4.02. The average Bonchev–Trinajstić information content (AvgIpc) is 2.40. The highest BCUT2D eigenvalue weighted by Crippen LogP contribution is 2.25. The van der Waals surface area contributed by atoms with Gasteiger partial charge in [-0.1, -0.05) is 18.2 Å². The van der Waals surface area contributed by atoms with Crippen LogP contribution in [0.1, 0.15) is 0 Å². The molecular weight excluding hydrogens is 271 g/mol. The van der Waals surface area contributed by atoms with Crippen molar-refractivity contribution in [2.75, 3.05) is 0 Å². The molecule has 1 N–H and O–H groups in total. The Morgan fingerprint density at radius 2 is 1.30 bits per heavy atom. The molecule has 2 rings (SSSR count). The van der Waals surface area contributed by atoms with Crippen LogP contribution < -0.4 is 0 Å². The van der Waals surface area contributed by atoms with Gasteiger partial charge in [-0.3, -0.25) is 20.2 Å². The molecule has 0 bridgehead atoms. The molecule has 0 saturated carbocycles. The van der Waals surface area contributed by atoms with Crippen LogP contribution in [-0.4, -0.2) is 15.0 Å². The Labute approximate surface area is 112 Å². The minimum atomic E-state index is -1.42. The van der Waals surface area contributed by atoms with E-state index in [0.29, 0.717) is 5.75 Å². The molecule has 0 spiro atoms. The summed E-state index contributed by atoms with van der Waals surface area (Å²) < 4.78 is 12.9. The molecule has 0 fully saturated rings. The SMILES string of the molecule is O=[N+]([O-])c1cccc([N+](=O)[O-])c1F.Oc1ccccc1. The lowest BCUT2D eigenvalue weighted by Gasteiger charge is -1.94. The van der Waals surface area contributed by atoms with Crippen molar-refractivity contribution in [1.29, 1.82) is 0 Å². The van der Waals surface area contributed by atoms with E-state index in [1.165, 1.54) is 0 Å². The number of rotatable bonds is 2. The number of benzene rings is 2. The molecule has 0 aliphatic rings. The van der Waals surface area contributed by atoms with E-state index < -0.39 is 27.0 Å². The van der Waals surface area contributed by atoms with E-state index in [9.17, 15) is 24.6 Å². The maximum Gasteiger partial charge on any atom is 0.312 e. The summed E-state index contributed by atoms with van der Waals surface area (Å²) in [5.74, 6) is -1.10. The Balaban J connectivity index is 0.000000240. The maximum absolute atomic E-state index is 12.9. The summed E-state index contributed by atoms with van der Waals surface area (Å²) in [5, 5.41) is 28.9. The monoisotopic (exact) mass is 280 g/mol. The first-order valence-electron chi connectivity index (χ1n) is 5.24. The minimum Gasteiger partial charge on any atom is -0.508 e. The van der Waals surface area contributed by atoms with E-state index in [0.717, 1.165) is 18.2 Å². The van der Waals surface area contributed by atoms with Crippen molar-refractivity contribution in [2.45, 2.75) is 0 Å². The normalized spacial score (nSPS) is 9.25. The number of nitro groups is 2. The van der Waals surface area contributed by atoms with Crippen LogP contribution >= 0.6 is 0 Å². The Morgan fingerprint density at radius 3 is 1.60 bits per heavy atom. The molecule has 2 aromatic rings. The molecule has 0 radical (unpaired) electrons. The zero-order valence-corrected chi connectivity index (χ0v) is 9.97. The van der Waals surface area contributed by atoms with Gasteiger partial charge in [0.2, 0.25) is 0 Å². The molecule has 0 heterocycles. The van der Waals surface area contributed by atoms with Crippen LogP contribution in [0.3, 0.4) is 0 Å². The lowest BCUT2D eigenvalue weighted by atomic mass is 10.3. The first-order valence-corrected chi connectivity index (χ1v) is 5.24. The van der Waals surface area contributed by atoms with Crippen LogP contribution in [0.5, 0.6) is 5.75 Å². The van der Waals surface area contributed by atoms with Gasteiger partial charge in [-0.05, 0) is 18.2 Å². The number of para-hydroxylation sites is 1. The Kier molecular flexibility index (Phi) is 5.10. The first kappa shape index (κ1) is 15.0. The van der Waals surface area contributed by atoms with Crippen LogP contribution in [0.2, 0.25) is 0 Å².